The Morgan fingerprint density at radius 2 is 1.60 bits per heavy atom. The van der Waals surface area contributed by atoms with Gasteiger partial charge < -0.3 is 15.4 Å². The molecule has 0 unspecified atom stereocenters. The van der Waals surface area contributed by atoms with E-state index in [1.807, 2.05) is 60.7 Å². The average molecular weight is 477 g/mol. The van der Waals surface area contributed by atoms with Gasteiger partial charge in [-0.25, -0.2) is 9.69 Å². The standard InChI is InChI=1S/C27H32N4O4/c32-24(28-18-23-12-7-17-35-23)20-13-15-30(16-14-20)19-31-25(33)27(29-26(31)34,21-8-3-1-4-9-21)22-10-5-2-6-11-22/h1-6,8-11,20,23H,7,12-19H2,(H,28,32)(H,29,34)/t23-/m1/s1. The third-order valence-electron chi connectivity index (χ3n) is 7.35. The number of hydrogen-bond donors (Lipinski definition) is 2. The summed E-state index contributed by atoms with van der Waals surface area (Å²) < 4.78 is 5.58. The number of piperidine rings is 1. The molecule has 0 aliphatic carbocycles. The van der Waals surface area contributed by atoms with E-state index in [2.05, 4.69) is 15.5 Å². The number of imide groups is 1. The quantitative estimate of drug-likeness (QED) is 0.599. The number of rotatable bonds is 7. The van der Waals surface area contributed by atoms with Gasteiger partial charge in [-0.1, -0.05) is 60.7 Å². The van der Waals surface area contributed by atoms with Gasteiger partial charge in [0.05, 0.1) is 12.8 Å². The van der Waals surface area contributed by atoms with Gasteiger partial charge in [0.15, 0.2) is 5.54 Å². The van der Waals surface area contributed by atoms with E-state index in [1.54, 1.807) is 0 Å². The smallest absolute Gasteiger partial charge is 0.326 e. The maximum atomic E-state index is 13.8. The molecule has 2 aromatic carbocycles. The Kier molecular flexibility index (Phi) is 6.83. The highest BCUT2D eigenvalue weighted by atomic mass is 16.5. The largest absolute Gasteiger partial charge is 0.376 e. The highest BCUT2D eigenvalue weighted by Crippen LogP contribution is 2.36. The second-order valence-electron chi connectivity index (χ2n) is 9.56. The number of nitrogens with zero attached hydrogens (tertiary/aromatic N) is 2. The number of nitrogens with one attached hydrogen (secondary N) is 2. The van der Waals surface area contributed by atoms with Crippen LogP contribution >= 0.6 is 0 Å². The number of carbonyl (C=O) groups is 3. The van der Waals surface area contributed by atoms with Crippen molar-refractivity contribution in [3.8, 4) is 0 Å². The first-order chi connectivity index (χ1) is 17.1. The third-order valence-corrected chi connectivity index (χ3v) is 7.35. The lowest BCUT2D eigenvalue weighted by Crippen LogP contribution is -2.48. The molecule has 8 heteroatoms. The second-order valence-corrected chi connectivity index (χ2v) is 9.56. The Labute approximate surface area is 205 Å². The van der Waals surface area contributed by atoms with Crippen LogP contribution in [0.15, 0.2) is 60.7 Å². The summed E-state index contributed by atoms with van der Waals surface area (Å²) in [7, 11) is 0. The minimum atomic E-state index is -1.25. The molecule has 3 heterocycles. The van der Waals surface area contributed by atoms with Crippen molar-refractivity contribution in [2.45, 2.75) is 37.3 Å². The second kappa shape index (κ2) is 10.2. The molecule has 3 aliphatic rings. The predicted octanol–water partition coefficient (Wildman–Crippen LogP) is 2.45. The molecular weight excluding hydrogens is 444 g/mol. The summed E-state index contributed by atoms with van der Waals surface area (Å²) in [5.74, 6) is -0.262. The van der Waals surface area contributed by atoms with Crippen LogP contribution in [0.25, 0.3) is 0 Å². The minimum absolute atomic E-state index is 0.0523. The Morgan fingerprint density at radius 3 is 2.17 bits per heavy atom. The lowest BCUT2D eigenvalue weighted by Gasteiger charge is -2.33. The number of carbonyl (C=O) groups excluding carboxylic acids is 3. The van der Waals surface area contributed by atoms with Crippen LogP contribution in [-0.2, 0) is 19.9 Å². The van der Waals surface area contributed by atoms with Crippen LogP contribution in [-0.4, -0.2) is 66.7 Å². The fraction of sp³-hybridized carbons (Fsp3) is 0.444. The highest BCUT2D eigenvalue weighted by Gasteiger charge is 2.54. The van der Waals surface area contributed by atoms with Gasteiger partial charge in [0.1, 0.15) is 0 Å². The van der Waals surface area contributed by atoms with Crippen LogP contribution in [0.3, 0.4) is 0 Å². The fourth-order valence-corrected chi connectivity index (χ4v) is 5.34. The summed E-state index contributed by atoms with van der Waals surface area (Å²) in [6.45, 7) is 2.86. The van der Waals surface area contributed by atoms with Gasteiger partial charge in [-0.2, -0.15) is 0 Å². The van der Waals surface area contributed by atoms with Crippen LogP contribution in [0.4, 0.5) is 4.79 Å². The lowest BCUT2D eigenvalue weighted by atomic mass is 9.83. The molecule has 2 N–H and O–H groups in total. The van der Waals surface area contributed by atoms with E-state index in [4.69, 9.17) is 4.74 Å². The number of hydrogen-bond acceptors (Lipinski definition) is 5. The summed E-state index contributed by atoms with van der Waals surface area (Å²) >= 11 is 0. The number of benzene rings is 2. The Morgan fingerprint density at radius 1 is 0.971 bits per heavy atom. The van der Waals surface area contributed by atoms with Crippen molar-refractivity contribution in [2.75, 3.05) is 32.9 Å². The van der Waals surface area contributed by atoms with Crippen molar-refractivity contribution >= 4 is 17.8 Å². The zero-order valence-corrected chi connectivity index (χ0v) is 19.8. The topological polar surface area (TPSA) is 91.0 Å². The zero-order valence-electron chi connectivity index (χ0n) is 19.8. The molecular formula is C27H32N4O4. The van der Waals surface area contributed by atoms with Crippen LogP contribution in [0, 0.1) is 5.92 Å². The number of urea groups is 1. The van der Waals surface area contributed by atoms with Crippen molar-refractivity contribution in [1.82, 2.24) is 20.4 Å². The van der Waals surface area contributed by atoms with E-state index in [9.17, 15) is 14.4 Å². The van der Waals surface area contributed by atoms with Crippen molar-refractivity contribution in [1.29, 1.82) is 0 Å². The van der Waals surface area contributed by atoms with Crippen LogP contribution < -0.4 is 10.6 Å². The van der Waals surface area contributed by atoms with E-state index in [-0.39, 0.29) is 30.5 Å². The van der Waals surface area contributed by atoms with Crippen LogP contribution in [0.2, 0.25) is 0 Å². The molecule has 0 aromatic heterocycles. The molecule has 1 atom stereocenters. The molecule has 2 aromatic rings. The summed E-state index contributed by atoms with van der Waals surface area (Å²) in [4.78, 5) is 42.9. The molecule has 5 rings (SSSR count). The van der Waals surface area contributed by atoms with Crippen LogP contribution in [0.5, 0.6) is 0 Å². The first kappa shape index (κ1) is 23.5. The van der Waals surface area contributed by atoms with Gasteiger partial charge in [0, 0.05) is 32.2 Å². The maximum Gasteiger partial charge on any atom is 0.326 e. The SMILES string of the molecule is O=C(NC[C@H]1CCCO1)C1CCN(CN2C(=O)NC(c3ccccc3)(c3ccccc3)C2=O)CC1. The molecule has 4 amide bonds. The molecule has 0 bridgehead atoms. The zero-order chi connectivity index (χ0) is 24.3. The first-order valence-electron chi connectivity index (χ1n) is 12.4. The normalized spacial score (nSPS) is 22.9. The number of likely N-dealkylation sites (tertiary alicyclic amines) is 1. The van der Waals surface area contributed by atoms with E-state index in [0.717, 1.165) is 30.6 Å². The molecule has 0 spiro atoms. The number of amides is 4. The fourth-order valence-electron chi connectivity index (χ4n) is 5.34. The first-order valence-corrected chi connectivity index (χ1v) is 12.4. The van der Waals surface area contributed by atoms with Crippen molar-refractivity contribution in [3.05, 3.63) is 71.8 Å². The predicted molar refractivity (Wildman–Crippen MR) is 130 cm³/mol. The van der Waals surface area contributed by atoms with Gasteiger partial charge in [-0.15, -0.1) is 0 Å². The maximum absolute atomic E-state index is 13.8. The van der Waals surface area contributed by atoms with Crippen molar-refractivity contribution in [3.63, 3.8) is 0 Å². The Balaban J connectivity index is 1.24. The van der Waals surface area contributed by atoms with Gasteiger partial charge in [0.25, 0.3) is 5.91 Å². The van der Waals surface area contributed by atoms with E-state index in [0.29, 0.717) is 32.5 Å². The van der Waals surface area contributed by atoms with Gasteiger partial charge >= 0.3 is 6.03 Å². The van der Waals surface area contributed by atoms with E-state index in [1.165, 1.54) is 4.90 Å². The Bertz CT molecular complexity index is 1010. The van der Waals surface area contributed by atoms with Crippen LogP contribution in [0.1, 0.15) is 36.8 Å². The summed E-state index contributed by atoms with van der Waals surface area (Å²) in [6.07, 6.45) is 3.58. The molecule has 3 aliphatic heterocycles. The van der Waals surface area contributed by atoms with Crippen molar-refractivity contribution < 1.29 is 19.1 Å². The van der Waals surface area contributed by atoms with E-state index >= 15 is 0 Å². The monoisotopic (exact) mass is 476 g/mol. The average Bonchev–Trinajstić information content (AvgIpc) is 3.51. The minimum Gasteiger partial charge on any atom is -0.376 e. The van der Waals surface area contributed by atoms with E-state index < -0.39 is 11.6 Å². The van der Waals surface area contributed by atoms with Gasteiger partial charge in [0.2, 0.25) is 5.91 Å². The highest BCUT2D eigenvalue weighted by molar-refractivity contribution is 6.09. The van der Waals surface area contributed by atoms with Crippen molar-refractivity contribution in [2.24, 2.45) is 5.92 Å². The molecule has 0 saturated carbocycles. The summed E-state index contributed by atoms with van der Waals surface area (Å²) in [5.41, 5.74) is 0.211. The molecule has 35 heavy (non-hydrogen) atoms. The molecule has 184 valence electrons. The third kappa shape index (κ3) is 4.68. The molecule has 0 radical (unpaired) electrons. The molecule has 3 saturated heterocycles. The van der Waals surface area contributed by atoms with Gasteiger partial charge in [-0.3, -0.25) is 14.5 Å². The van der Waals surface area contributed by atoms with Gasteiger partial charge in [-0.05, 0) is 36.8 Å². The lowest BCUT2D eigenvalue weighted by molar-refractivity contribution is -0.133. The number of ether oxygens (including phenoxy) is 1. The Hall–Kier alpha value is -3.23. The summed E-state index contributed by atoms with van der Waals surface area (Å²) in [6, 6.07) is 18.3. The molecule has 3 fully saturated rings. The molecule has 8 nitrogen and oxygen atoms in total. The summed E-state index contributed by atoms with van der Waals surface area (Å²) in [5, 5.41) is 6.03.